The number of methoxy groups -OCH3 is 1. The smallest absolute Gasteiger partial charge is 0.422 e. The Labute approximate surface area is 311 Å². The van der Waals surface area contributed by atoms with Crippen molar-refractivity contribution in [3.05, 3.63) is 89.7 Å². The fourth-order valence-corrected chi connectivity index (χ4v) is 6.38. The first-order valence-electron chi connectivity index (χ1n) is 17.5. The van der Waals surface area contributed by atoms with E-state index in [0.717, 1.165) is 28.8 Å². The molecular formula is C38H46F3N5O8. The predicted octanol–water partition coefficient (Wildman–Crippen LogP) is 4.83. The standard InChI is InChI=1S/C38H46F3N5O8/c1-37(2,3)32(44-35(49)51-4)33(48)43-29(18-23-7-11-25(12-8-23)26-6-5-16-42-19-26)30(47)21-46(20-24-9-13-27(14-10-24)38(39,40)41)45-36(50)54-31-22-53-34-28(31)15-17-52-34/h5-14,16,19,28-32,34,47H,15,17-18,20-22H2,1-4H3,(H,43,48)(H,44,49)(H,45,50). The van der Waals surface area contributed by atoms with Gasteiger partial charge in [-0.15, -0.1) is 0 Å². The van der Waals surface area contributed by atoms with Crippen molar-refractivity contribution in [3.63, 3.8) is 0 Å². The van der Waals surface area contributed by atoms with Crippen LogP contribution in [0.25, 0.3) is 11.1 Å². The summed E-state index contributed by atoms with van der Waals surface area (Å²) >= 11 is 0. The third kappa shape index (κ3) is 10.9. The van der Waals surface area contributed by atoms with Crippen LogP contribution in [-0.2, 0) is 42.9 Å². The van der Waals surface area contributed by atoms with E-state index in [4.69, 9.17) is 18.9 Å². The molecule has 1 aromatic heterocycles. The first-order valence-corrected chi connectivity index (χ1v) is 17.5. The molecule has 0 bridgehead atoms. The van der Waals surface area contributed by atoms with E-state index >= 15 is 0 Å². The molecule has 0 spiro atoms. The molecule has 6 unspecified atom stereocenters. The van der Waals surface area contributed by atoms with Crippen LogP contribution in [0.15, 0.2) is 73.1 Å². The molecule has 5 rings (SSSR count). The molecule has 0 saturated carbocycles. The van der Waals surface area contributed by atoms with Gasteiger partial charge in [0, 0.05) is 25.5 Å². The van der Waals surface area contributed by atoms with Crippen molar-refractivity contribution in [3.8, 4) is 11.1 Å². The zero-order valence-electron chi connectivity index (χ0n) is 30.5. The highest BCUT2D eigenvalue weighted by molar-refractivity contribution is 5.86. The number of nitrogens with zero attached hydrogens (tertiary/aromatic N) is 2. The number of hydrazine groups is 1. The van der Waals surface area contributed by atoms with Crippen molar-refractivity contribution in [2.24, 2.45) is 11.3 Å². The number of amides is 3. The minimum Gasteiger partial charge on any atom is -0.453 e. The molecular weight excluding hydrogens is 711 g/mol. The Morgan fingerprint density at radius 2 is 1.67 bits per heavy atom. The van der Waals surface area contributed by atoms with Crippen molar-refractivity contribution in [1.82, 2.24) is 26.1 Å². The monoisotopic (exact) mass is 757 g/mol. The number of benzene rings is 2. The third-order valence-electron chi connectivity index (χ3n) is 9.33. The number of hydrogen-bond donors (Lipinski definition) is 4. The number of ether oxygens (including phenoxy) is 4. The van der Waals surface area contributed by atoms with Gasteiger partial charge in [0.25, 0.3) is 0 Å². The molecule has 292 valence electrons. The van der Waals surface area contributed by atoms with E-state index in [9.17, 15) is 32.7 Å². The highest BCUT2D eigenvalue weighted by atomic mass is 19.4. The summed E-state index contributed by atoms with van der Waals surface area (Å²) < 4.78 is 61.4. The Morgan fingerprint density at radius 1 is 0.963 bits per heavy atom. The van der Waals surface area contributed by atoms with E-state index < -0.39 is 65.8 Å². The molecule has 3 amide bonds. The highest BCUT2D eigenvalue weighted by Crippen LogP contribution is 2.33. The fraction of sp³-hybridized carbons (Fsp3) is 0.474. The molecule has 6 atom stereocenters. The van der Waals surface area contributed by atoms with Gasteiger partial charge in [-0.1, -0.05) is 63.2 Å². The number of nitrogens with one attached hydrogen (secondary N) is 3. The fourth-order valence-electron chi connectivity index (χ4n) is 6.38. The maximum absolute atomic E-state index is 13.8. The number of hydrogen-bond acceptors (Lipinski definition) is 10. The average Bonchev–Trinajstić information content (AvgIpc) is 3.75. The quantitative estimate of drug-likeness (QED) is 0.178. The highest BCUT2D eigenvalue weighted by Gasteiger charge is 2.44. The molecule has 0 radical (unpaired) electrons. The third-order valence-corrected chi connectivity index (χ3v) is 9.33. The van der Waals surface area contributed by atoms with Crippen LogP contribution in [0.3, 0.4) is 0 Å². The Morgan fingerprint density at radius 3 is 2.30 bits per heavy atom. The van der Waals surface area contributed by atoms with E-state index in [0.29, 0.717) is 18.6 Å². The summed E-state index contributed by atoms with van der Waals surface area (Å²) in [6.45, 7) is 5.44. The average molecular weight is 758 g/mol. The van der Waals surface area contributed by atoms with Crippen molar-refractivity contribution < 1.29 is 51.6 Å². The summed E-state index contributed by atoms with van der Waals surface area (Å²) in [7, 11) is 1.18. The minimum atomic E-state index is -4.54. The molecule has 2 fully saturated rings. The molecule has 2 aliphatic rings. The summed E-state index contributed by atoms with van der Waals surface area (Å²) in [5, 5.41) is 18.6. The van der Waals surface area contributed by atoms with Gasteiger partial charge < -0.3 is 34.7 Å². The number of aromatic nitrogens is 1. The Kier molecular flexibility index (Phi) is 13.2. The minimum absolute atomic E-state index is 0.121. The van der Waals surface area contributed by atoms with E-state index in [1.165, 1.54) is 24.3 Å². The van der Waals surface area contributed by atoms with Crippen LogP contribution >= 0.6 is 0 Å². The Bertz CT molecular complexity index is 1710. The second-order valence-electron chi connectivity index (χ2n) is 14.4. The topological polar surface area (TPSA) is 161 Å². The van der Waals surface area contributed by atoms with E-state index in [-0.39, 0.29) is 32.0 Å². The largest absolute Gasteiger partial charge is 0.453 e. The van der Waals surface area contributed by atoms with Gasteiger partial charge in [0.05, 0.1) is 44.0 Å². The van der Waals surface area contributed by atoms with Crippen LogP contribution in [0, 0.1) is 11.3 Å². The first-order chi connectivity index (χ1) is 25.6. The van der Waals surface area contributed by atoms with Crippen LogP contribution in [0.1, 0.15) is 43.9 Å². The molecule has 16 heteroatoms. The predicted molar refractivity (Wildman–Crippen MR) is 189 cm³/mol. The molecule has 3 aromatic rings. The van der Waals surface area contributed by atoms with Crippen LogP contribution < -0.4 is 16.1 Å². The molecule has 54 heavy (non-hydrogen) atoms. The maximum Gasteiger partial charge on any atom is 0.422 e. The zero-order valence-corrected chi connectivity index (χ0v) is 30.5. The lowest BCUT2D eigenvalue weighted by molar-refractivity contribution is -0.137. The molecule has 2 saturated heterocycles. The number of rotatable bonds is 13. The summed E-state index contributed by atoms with van der Waals surface area (Å²) in [6, 6.07) is 13.5. The maximum atomic E-state index is 13.8. The van der Waals surface area contributed by atoms with E-state index in [1.54, 1.807) is 33.2 Å². The molecule has 0 aliphatic carbocycles. The van der Waals surface area contributed by atoms with Crippen molar-refractivity contribution in [2.45, 2.75) is 76.9 Å². The number of alkyl halides is 3. The molecule has 4 N–H and O–H groups in total. The number of fused-ring (bicyclic) bond motifs is 1. The second-order valence-corrected chi connectivity index (χ2v) is 14.4. The molecule has 3 heterocycles. The number of aliphatic hydroxyl groups is 1. The lowest BCUT2D eigenvalue weighted by atomic mass is 9.85. The summed E-state index contributed by atoms with van der Waals surface area (Å²) in [5.41, 5.74) is 3.95. The van der Waals surface area contributed by atoms with Gasteiger partial charge in [0.15, 0.2) is 6.29 Å². The van der Waals surface area contributed by atoms with Crippen LogP contribution in [0.5, 0.6) is 0 Å². The van der Waals surface area contributed by atoms with Gasteiger partial charge >= 0.3 is 18.4 Å². The lowest BCUT2D eigenvalue weighted by Gasteiger charge is -2.34. The van der Waals surface area contributed by atoms with Gasteiger partial charge in [-0.3, -0.25) is 15.2 Å². The van der Waals surface area contributed by atoms with Crippen molar-refractivity contribution >= 4 is 18.1 Å². The van der Waals surface area contributed by atoms with Crippen LogP contribution in [-0.4, -0.2) is 90.6 Å². The Hall–Kier alpha value is -4.77. The summed E-state index contributed by atoms with van der Waals surface area (Å²) in [6.07, 6.45) is -4.50. The van der Waals surface area contributed by atoms with Gasteiger partial charge in [-0.2, -0.15) is 13.2 Å². The van der Waals surface area contributed by atoms with Gasteiger partial charge in [-0.05, 0) is 58.7 Å². The van der Waals surface area contributed by atoms with Crippen molar-refractivity contribution in [1.29, 1.82) is 0 Å². The van der Waals surface area contributed by atoms with E-state index in [1.807, 2.05) is 36.4 Å². The number of pyridine rings is 1. The molecule has 13 nitrogen and oxygen atoms in total. The SMILES string of the molecule is COC(=O)NC(C(=O)NC(Cc1ccc(-c2cccnc2)cc1)C(O)CN(Cc1ccc(C(F)(F)F)cc1)NC(=O)OC1COC2OCCC12)C(C)(C)C. The number of halogens is 3. The Balaban J connectivity index is 1.39. The van der Waals surface area contributed by atoms with Gasteiger partial charge in [-0.25, -0.2) is 14.6 Å². The van der Waals surface area contributed by atoms with Gasteiger partial charge in [0.2, 0.25) is 5.91 Å². The first kappa shape index (κ1) is 40.4. The normalized spacial score (nSPS) is 20.1. The van der Waals surface area contributed by atoms with E-state index in [2.05, 4.69) is 21.0 Å². The lowest BCUT2D eigenvalue weighted by Crippen LogP contribution is -2.59. The molecule has 2 aromatic carbocycles. The second kappa shape index (κ2) is 17.6. The molecule has 2 aliphatic heterocycles. The number of aliphatic hydroxyl groups excluding tert-OH is 1. The van der Waals surface area contributed by atoms with Gasteiger partial charge in [0.1, 0.15) is 12.1 Å². The number of carbonyl (C=O) groups is 3. The number of carbonyl (C=O) groups excluding carboxylic acids is 3. The van der Waals surface area contributed by atoms with Crippen LogP contribution in [0.2, 0.25) is 0 Å². The summed E-state index contributed by atoms with van der Waals surface area (Å²) in [4.78, 5) is 43.4. The van der Waals surface area contributed by atoms with Crippen molar-refractivity contribution in [2.75, 3.05) is 26.9 Å². The summed E-state index contributed by atoms with van der Waals surface area (Å²) in [5.74, 6) is -0.747. The zero-order chi connectivity index (χ0) is 39.0. The number of alkyl carbamates (subject to hydrolysis) is 1. The van der Waals surface area contributed by atoms with Crippen LogP contribution in [0.4, 0.5) is 22.8 Å².